The Hall–Kier alpha value is -4.66. The molecule has 42 heavy (non-hydrogen) atoms. The molecule has 0 saturated heterocycles. The van der Waals surface area contributed by atoms with Crippen LogP contribution in [-0.4, -0.2) is 42.8 Å². The number of methoxy groups -OCH3 is 1. The number of carbonyl (C=O) groups is 1. The van der Waals surface area contributed by atoms with Gasteiger partial charge in [-0.05, 0) is 53.1 Å². The highest BCUT2D eigenvalue weighted by atomic mass is 16.5. The van der Waals surface area contributed by atoms with Gasteiger partial charge in [0.05, 0.1) is 13.7 Å². The molecule has 2 atom stereocenters. The maximum atomic E-state index is 14.2. The van der Waals surface area contributed by atoms with E-state index in [2.05, 4.69) is 10.9 Å². The summed E-state index contributed by atoms with van der Waals surface area (Å²) >= 11 is 0. The van der Waals surface area contributed by atoms with E-state index >= 15 is 0 Å². The lowest BCUT2D eigenvalue weighted by Gasteiger charge is -2.31. The Morgan fingerprint density at radius 3 is 2.31 bits per heavy atom. The van der Waals surface area contributed by atoms with E-state index in [4.69, 9.17) is 24.3 Å². The zero-order chi connectivity index (χ0) is 29.2. The largest absolute Gasteiger partial charge is 0.497 e. The van der Waals surface area contributed by atoms with E-state index in [1.165, 1.54) is 0 Å². The first-order chi connectivity index (χ1) is 20.6. The molecule has 1 amide bonds. The summed E-state index contributed by atoms with van der Waals surface area (Å²) in [5, 5.41) is 9.04. The van der Waals surface area contributed by atoms with Crippen molar-refractivity contribution in [3.63, 3.8) is 0 Å². The molecule has 1 aliphatic rings. The minimum absolute atomic E-state index is 0.0696. The fourth-order valence-electron chi connectivity index (χ4n) is 4.92. The van der Waals surface area contributed by atoms with Crippen molar-refractivity contribution in [2.24, 2.45) is 4.99 Å². The second-order valence-electron chi connectivity index (χ2n) is 10.0. The molecule has 8 nitrogen and oxygen atoms in total. The minimum Gasteiger partial charge on any atom is -0.497 e. The quantitative estimate of drug-likeness (QED) is 0.159. The van der Waals surface area contributed by atoms with Crippen LogP contribution < -0.4 is 20.3 Å². The monoisotopic (exact) mass is 565 g/mol. The summed E-state index contributed by atoms with van der Waals surface area (Å²) in [5.74, 6) is 1.38. The van der Waals surface area contributed by atoms with Gasteiger partial charge in [0.2, 0.25) is 5.90 Å². The van der Waals surface area contributed by atoms with Crippen LogP contribution in [0.1, 0.15) is 34.8 Å². The maximum Gasteiger partial charge on any atom is 0.266 e. The number of benzene rings is 4. The molecular weight excluding hydrogens is 530 g/mol. The standard InChI is InChI=1S/C34H35N3O5/c1-40-30-15-8-14-28(22-30)31-34(23-25-10-4-2-5-11-25,33(39)37-35-24-26-12-6-3-7-13-26)36-32(42-31)27-16-18-29(19-17-27)41-21-9-20-38/h2-8,10-19,22,31,35,38H,9,20-21,23-24H2,1H3,(H,37,39)/t31-,34-/m0/s1. The van der Waals surface area contributed by atoms with Gasteiger partial charge in [-0.1, -0.05) is 72.8 Å². The zero-order valence-electron chi connectivity index (χ0n) is 23.5. The van der Waals surface area contributed by atoms with Gasteiger partial charge in [-0.3, -0.25) is 10.2 Å². The average Bonchev–Trinajstić information content (AvgIpc) is 3.43. The molecule has 0 aliphatic carbocycles. The van der Waals surface area contributed by atoms with Crippen LogP contribution in [0.15, 0.2) is 114 Å². The van der Waals surface area contributed by atoms with Gasteiger partial charge in [0.1, 0.15) is 11.5 Å². The lowest BCUT2D eigenvalue weighted by molar-refractivity contribution is -0.130. The van der Waals surface area contributed by atoms with Gasteiger partial charge in [0.25, 0.3) is 5.91 Å². The van der Waals surface area contributed by atoms with E-state index in [0.29, 0.717) is 43.4 Å². The summed E-state index contributed by atoms with van der Waals surface area (Å²) in [4.78, 5) is 19.3. The summed E-state index contributed by atoms with van der Waals surface area (Å²) in [6.45, 7) is 0.939. The number of aliphatic hydroxyl groups is 1. The summed E-state index contributed by atoms with van der Waals surface area (Å²) in [5.41, 5.74) is 8.15. The number of aliphatic imine (C=N–C) groups is 1. The molecule has 1 heterocycles. The molecule has 1 aliphatic heterocycles. The number of aliphatic hydroxyl groups excluding tert-OH is 1. The molecule has 0 radical (unpaired) electrons. The third-order valence-corrected chi connectivity index (χ3v) is 7.08. The molecule has 0 spiro atoms. The number of hydrogen-bond donors (Lipinski definition) is 3. The van der Waals surface area contributed by atoms with Crippen LogP contribution in [0.4, 0.5) is 0 Å². The summed E-state index contributed by atoms with van der Waals surface area (Å²) in [6.07, 6.45) is 0.122. The van der Waals surface area contributed by atoms with Crippen molar-refractivity contribution >= 4 is 11.8 Å². The van der Waals surface area contributed by atoms with Gasteiger partial charge in [0.15, 0.2) is 11.6 Å². The lowest BCUT2D eigenvalue weighted by Crippen LogP contribution is -2.53. The lowest BCUT2D eigenvalue weighted by atomic mass is 9.82. The SMILES string of the molecule is COc1cccc([C@@H]2OC(c3ccc(OCCCO)cc3)=N[C@]2(Cc2ccccc2)C(=O)NNCc2ccccc2)c1. The van der Waals surface area contributed by atoms with Crippen molar-refractivity contribution in [1.82, 2.24) is 10.9 Å². The fourth-order valence-corrected chi connectivity index (χ4v) is 4.92. The molecule has 4 aromatic carbocycles. The first-order valence-electron chi connectivity index (χ1n) is 14.0. The number of amides is 1. The number of rotatable bonds is 13. The van der Waals surface area contributed by atoms with Gasteiger partial charge in [-0.15, -0.1) is 0 Å². The first-order valence-corrected chi connectivity index (χ1v) is 14.0. The predicted molar refractivity (Wildman–Crippen MR) is 161 cm³/mol. The molecule has 0 fully saturated rings. The van der Waals surface area contributed by atoms with Crippen molar-refractivity contribution in [3.8, 4) is 11.5 Å². The number of nitrogens with one attached hydrogen (secondary N) is 2. The van der Waals surface area contributed by atoms with Gasteiger partial charge >= 0.3 is 0 Å². The summed E-state index contributed by atoms with van der Waals surface area (Å²) in [6, 6.07) is 34.6. The Bertz CT molecular complexity index is 1480. The van der Waals surface area contributed by atoms with Crippen LogP contribution in [0.25, 0.3) is 0 Å². The minimum atomic E-state index is -1.33. The second kappa shape index (κ2) is 13.8. The van der Waals surface area contributed by atoms with Crippen molar-refractivity contribution in [3.05, 3.63) is 131 Å². The van der Waals surface area contributed by atoms with E-state index in [-0.39, 0.29) is 12.5 Å². The van der Waals surface area contributed by atoms with Crippen LogP contribution in [0.2, 0.25) is 0 Å². The number of hydrogen-bond acceptors (Lipinski definition) is 7. The van der Waals surface area contributed by atoms with Crippen molar-refractivity contribution in [2.75, 3.05) is 20.3 Å². The number of hydrazine groups is 1. The molecule has 0 bridgehead atoms. The fraction of sp³-hybridized carbons (Fsp3) is 0.235. The Labute approximate surface area is 246 Å². The topological polar surface area (TPSA) is 101 Å². The maximum absolute atomic E-state index is 14.2. The van der Waals surface area contributed by atoms with Crippen LogP contribution in [0, 0.1) is 0 Å². The first kappa shape index (κ1) is 28.9. The van der Waals surface area contributed by atoms with Crippen LogP contribution >= 0.6 is 0 Å². The Morgan fingerprint density at radius 1 is 0.905 bits per heavy atom. The molecule has 216 valence electrons. The third-order valence-electron chi connectivity index (χ3n) is 7.08. The highest BCUT2D eigenvalue weighted by molar-refractivity contribution is 6.01. The zero-order valence-corrected chi connectivity index (χ0v) is 23.5. The molecule has 8 heteroatoms. The third kappa shape index (κ3) is 6.79. The molecule has 0 aromatic heterocycles. The van der Waals surface area contributed by atoms with E-state index in [0.717, 1.165) is 22.3 Å². The molecular formula is C34H35N3O5. The highest BCUT2D eigenvalue weighted by Crippen LogP contribution is 2.43. The summed E-state index contributed by atoms with van der Waals surface area (Å²) < 4.78 is 17.8. The Kier molecular flexibility index (Phi) is 9.48. The van der Waals surface area contributed by atoms with Crippen LogP contribution in [0.3, 0.4) is 0 Å². The highest BCUT2D eigenvalue weighted by Gasteiger charge is 2.53. The molecule has 0 unspecified atom stereocenters. The molecule has 5 rings (SSSR count). The van der Waals surface area contributed by atoms with E-state index in [1.54, 1.807) is 7.11 Å². The van der Waals surface area contributed by atoms with E-state index in [9.17, 15) is 4.79 Å². The number of nitrogens with zero attached hydrogens (tertiary/aromatic N) is 1. The van der Waals surface area contributed by atoms with Gasteiger partial charge in [-0.25, -0.2) is 10.4 Å². The summed E-state index contributed by atoms with van der Waals surface area (Å²) in [7, 11) is 1.61. The van der Waals surface area contributed by atoms with Gasteiger partial charge in [-0.2, -0.15) is 0 Å². The average molecular weight is 566 g/mol. The van der Waals surface area contributed by atoms with Crippen LogP contribution in [-0.2, 0) is 22.5 Å². The van der Waals surface area contributed by atoms with E-state index in [1.807, 2.05) is 109 Å². The van der Waals surface area contributed by atoms with Crippen molar-refractivity contribution in [1.29, 1.82) is 0 Å². The van der Waals surface area contributed by atoms with Crippen molar-refractivity contribution in [2.45, 2.75) is 31.0 Å². The van der Waals surface area contributed by atoms with Crippen LogP contribution in [0.5, 0.6) is 11.5 Å². The number of carbonyl (C=O) groups excluding carboxylic acids is 1. The Balaban J connectivity index is 1.51. The Morgan fingerprint density at radius 2 is 1.62 bits per heavy atom. The smallest absolute Gasteiger partial charge is 0.266 e. The second-order valence-corrected chi connectivity index (χ2v) is 10.0. The van der Waals surface area contributed by atoms with Gasteiger partial charge in [0, 0.05) is 31.6 Å². The normalized spacial score (nSPS) is 17.7. The van der Waals surface area contributed by atoms with Gasteiger partial charge < -0.3 is 19.3 Å². The van der Waals surface area contributed by atoms with E-state index < -0.39 is 11.6 Å². The predicted octanol–water partition coefficient (Wildman–Crippen LogP) is 4.78. The number of ether oxygens (including phenoxy) is 3. The van der Waals surface area contributed by atoms with Crippen molar-refractivity contribution < 1.29 is 24.1 Å². The molecule has 4 aromatic rings. The molecule has 3 N–H and O–H groups in total. The molecule has 0 saturated carbocycles.